The molecule has 0 saturated heterocycles. The lowest BCUT2D eigenvalue weighted by atomic mass is 10.1. The van der Waals surface area contributed by atoms with Crippen LogP contribution in [0.15, 0.2) is 89.7 Å². The van der Waals surface area contributed by atoms with Crippen molar-refractivity contribution in [3.05, 3.63) is 96.6 Å². The molecule has 36 heavy (non-hydrogen) atoms. The first kappa shape index (κ1) is 21.9. The molecule has 0 bridgehead atoms. The van der Waals surface area contributed by atoms with Crippen LogP contribution >= 0.6 is 0 Å². The van der Waals surface area contributed by atoms with Gasteiger partial charge in [0.05, 0.1) is 35.6 Å². The Hall–Kier alpha value is -4.59. The third-order valence-electron chi connectivity index (χ3n) is 6.19. The van der Waals surface area contributed by atoms with Crippen LogP contribution in [0.1, 0.15) is 16.1 Å². The van der Waals surface area contributed by atoms with E-state index >= 15 is 0 Å². The van der Waals surface area contributed by atoms with Crippen molar-refractivity contribution in [1.29, 1.82) is 0 Å². The molecule has 1 aliphatic heterocycles. The summed E-state index contributed by atoms with van der Waals surface area (Å²) in [6, 6.07) is 22.9. The first-order valence-electron chi connectivity index (χ1n) is 11.7. The minimum atomic E-state index is -0.276. The number of ether oxygens (including phenoxy) is 2. The van der Waals surface area contributed by atoms with Gasteiger partial charge in [0.2, 0.25) is 0 Å². The third kappa shape index (κ3) is 4.17. The van der Waals surface area contributed by atoms with E-state index in [2.05, 4.69) is 5.10 Å². The average molecular weight is 481 g/mol. The SMILES string of the molecule is CN(C[C@@H]1COc2ccccc2O1)C(=O)c1cc(-c2ccccc2)nc2c1cnn2Cc1ccco1. The summed E-state index contributed by atoms with van der Waals surface area (Å²) in [6.45, 7) is 1.16. The number of likely N-dealkylation sites (N-methyl/N-ethyl adjacent to an activating group) is 1. The highest BCUT2D eigenvalue weighted by atomic mass is 16.6. The number of amides is 1. The zero-order valence-corrected chi connectivity index (χ0v) is 19.7. The van der Waals surface area contributed by atoms with Crippen LogP contribution in [0.4, 0.5) is 0 Å². The average Bonchev–Trinajstić information content (AvgIpc) is 3.58. The number of para-hydroxylation sites is 2. The molecular weight excluding hydrogens is 456 g/mol. The maximum Gasteiger partial charge on any atom is 0.254 e. The van der Waals surface area contributed by atoms with Crippen molar-refractivity contribution in [2.45, 2.75) is 12.6 Å². The molecular formula is C28H24N4O4. The van der Waals surface area contributed by atoms with Crippen molar-refractivity contribution in [1.82, 2.24) is 19.7 Å². The van der Waals surface area contributed by atoms with Crippen LogP contribution in [-0.4, -0.2) is 51.9 Å². The van der Waals surface area contributed by atoms with Gasteiger partial charge in [0.1, 0.15) is 18.9 Å². The standard InChI is InChI=1S/C28H24N4O4/c1-31(16-21-18-35-25-11-5-6-12-26(25)36-21)28(33)22-14-24(19-8-3-2-4-9-19)30-27-23(22)15-29-32(27)17-20-10-7-13-34-20/h2-15,21H,16-18H2,1H3/t21-/m1/s1. The van der Waals surface area contributed by atoms with Crippen LogP contribution in [0.3, 0.4) is 0 Å². The van der Waals surface area contributed by atoms with Crippen LogP contribution in [0.2, 0.25) is 0 Å². The Morgan fingerprint density at radius 3 is 2.67 bits per heavy atom. The molecule has 0 fully saturated rings. The minimum Gasteiger partial charge on any atom is -0.486 e. The second-order valence-corrected chi connectivity index (χ2v) is 8.72. The third-order valence-corrected chi connectivity index (χ3v) is 6.19. The summed E-state index contributed by atoms with van der Waals surface area (Å²) in [5, 5.41) is 5.21. The van der Waals surface area contributed by atoms with Gasteiger partial charge in [-0.1, -0.05) is 42.5 Å². The van der Waals surface area contributed by atoms with E-state index in [1.807, 2.05) is 72.8 Å². The van der Waals surface area contributed by atoms with Gasteiger partial charge in [0.25, 0.3) is 5.91 Å². The Morgan fingerprint density at radius 1 is 1.06 bits per heavy atom. The van der Waals surface area contributed by atoms with Gasteiger partial charge in [-0.05, 0) is 30.3 Å². The predicted molar refractivity (Wildman–Crippen MR) is 134 cm³/mol. The Balaban J connectivity index is 1.33. The molecule has 8 heteroatoms. The van der Waals surface area contributed by atoms with Crippen molar-refractivity contribution in [2.24, 2.45) is 0 Å². The fourth-order valence-corrected chi connectivity index (χ4v) is 4.39. The van der Waals surface area contributed by atoms with Gasteiger partial charge in [-0.15, -0.1) is 0 Å². The van der Waals surface area contributed by atoms with E-state index in [1.165, 1.54) is 0 Å². The lowest BCUT2D eigenvalue weighted by Gasteiger charge is -2.29. The van der Waals surface area contributed by atoms with Gasteiger partial charge in [0.15, 0.2) is 23.3 Å². The number of nitrogens with zero attached hydrogens (tertiary/aromatic N) is 4. The Bertz CT molecular complexity index is 1510. The highest BCUT2D eigenvalue weighted by Gasteiger charge is 2.26. The largest absolute Gasteiger partial charge is 0.486 e. The van der Waals surface area contributed by atoms with Gasteiger partial charge < -0.3 is 18.8 Å². The molecule has 2 aromatic carbocycles. The van der Waals surface area contributed by atoms with E-state index in [4.69, 9.17) is 18.9 Å². The van der Waals surface area contributed by atoms with Gasteiger partial charge >= 0.3 is 0 Å². The molecule has 6 rings (SSSR count). The molecule has 4 heterocycles. The van der Waals surface area contributed by atoms with Crippen molar-refractivity contribution >= 4 is 16.9 Å². The number of furan rings is 1. The zero-order valence-electron chi connectivity index (χ0n) is 19.7. The number of fused-ring (bicyclic) bond motifs is 2. The van der Waals surface area contributed by atoms with E-state index in [-0.39, 0.29) is 12.0 Å². The lowest BCUT2D eigenvalue weighted by molar-refractivity contribution is 0.0522. The van der Waals surface area contributed by atoms with Crippen LogP contribution in [-0.2, 0) is 6.54 Å². The summed E-state index contributed by atoms with van der Waals surface area (Å²) in [4.78, 5) is 20.3. The number of carbonyl (C=O) groups excluding carboxylic acids is 1. The van der Waals surface area contributed by atoms with Crippen LogP contribution in [0, 0.1) is 0 Å². The number of rotatable bonds is 6. The van der Waals surface area contributed by atoms with Crippen molar-refractivity contribution in [3.8, 4) is 22.8 Å². The molecule has 0 unspecified atom stereocenters. The number of hydrogen-bond donors (Lipinski definition) is 0. The number of aromatic nitrogens is 3. The molecule has 0 aliphatic carbocycles. The molecule has 0 spiro atoms. The molecule has 0 radical (unpaired) electrons. The topological polar surface area (TPSA) is 82.6 Å². The molecule has 180 valence electrons. The molecule has 0 saturated carbocycles. The number of hydrogen-bond acceptors (Lipinski definition) is 6. The quantitative estimate of drug-likeness (QED) is 0.352. The summed E-state index contributed by atoms with van der Waals surface area (Å²) in [7, 11) is 1.77. The van der Waals surface area contributed by atoms with E-state index < -0.39 is 0 Å². The lowest BCUT2D eigenvalue weighted by Crippen LogP contribution is -2.41. The van der Waals surface area contributed by atoms with E-state index in [9.17, 15) is 4.79 Å². The summed E-state index contributed by atoms with van der Waals surface area (Å²) in [6.07, 6.45) is 3.04. The van der Waals surface area contributed by atoms with E-state index in [0.29, 0.717) is 47.7 Å². The highest BCUT2D eigenvalue weighted by molar-refractivity contribution is 6.06. The van der Waals surface area contributed by atoms with Gasteiger partial charge in [-0.2, -0.15) is 5.10 Å². The Morgan fingerprint density at radius 2 is 1.86 bits per heavy atom. The second-order valence-electron chi connectivity index (χ2n) is 8.72. The molecule has 8 nitrogen and oxygen atoms in total. The summed E-state index contributed by atoms with van der Waals surface area (Å²) in [5.41, 5.74) is 2.77. The Labute approximate surface area is 207 Å². The van der Waals surface area contributed by atoms with E-state index in [1.54, 1.807) is 29.1 Å². The molecule has 5 aromatic rings. The smallest absolute Gasteiger partial charge is 0.254 e. The van der Waals surface area contributed by atoms with Crippen LogP contribution in [0.5, 0.6) is 11.5 Å². The van der Waals surface area contributed by atoms with Gasteiger partial charge in [-0.3, -0.25) is 4.79 Å². The summed E-state index contributed by atoms with van der Waals surface area (Å²) in [5.74, 6) is 2.02. The van der Waals surface area contributed by atoms with Crippen molar-refractivity contribution < 1.29 is 18.7 Å². The molecule has 1 aliphatic rings. The summed E-state index contributed by atoms with van der Waals surface area (Å²) >= 11 is 0. The van der Waals surface area contributed by atoms with Crippen molar-refractivity contribution in [2.75, 3.05) is 20.2 Å². The second kappa shape index (κ2) is 9.22. The molecule has 1 atom stereocenters. The Kier molecular flexibility index (Phi) is 5.61. The highest BCUT2D eigenvalue weighted by Crippen LogP contribution is 2.31. The number of carbonyl (C=O) groups is 1. The fourth-order valence-electron chi connectivity index (χ4n) is 4.39. The monoisotopic (exact) mass is 480 g/mol. The fraction of sp³-hybridized carbons (Fsp3) is 0.179. The van der Waals surface area contributed by atoms with Gasteiger partial charge in [0, 0.05) is 12.6 Å². The van der Waals surface area contributed by atoms with Crippen LogP contribution in [0.25, 0.3) is 22.3 Å². The van der Waals surface area contributed by atoms with Crippen LogP contribution < -0.4 is 9.47 Å². The summed E-state index contributed by atoms with van der Waals surface area (Å²) < 4.78 is 19.2. The molecule has 3 aromatic heterocycles. The zero-order chi connectivity index (χ0) is 24.5. The minimum absolute atomic E-state index is 0.139. The molecule has 0 N–H and O–H groups in total. The maximum atomic E-state index is 13.7. The molecule has 1 amide bonds. The van der Waals surface area contributed by atoms with Crippen molar-refractivity contribution in [3.63, 3.8) is 0 Å². The maximum absolute atomic E-state index is 13.7. The van der Waals surface area contributed by atoms with Gasteiger partial charge in [-0.25, -0.2) is 9.67 Å². The number of benzene rings is 2. The first-order valence-corrected chi connectivity index (χ1v) is 11.7. The normalized spacial score (nSPS) is 14.6. The van der Waals surface area contributed by atoms with E-state index in [0.717, 1.165) is 17.1 Å². The first-order chi connectivity index (χ1) is 17.7. The predicted octanol–water partition coefficient (Wildman–Crippen LogP) is 4.65. The number of pyridine rings is 1.